The van der Waals surface area contributed by atoms with Crippen LogP contribution >= 0.6 is 0 Å². The molecule has 0 spiro atoms. The van der Waals surface area contributed by atoms with E-state index in [2.05, 4.69) is 15.6 Å². The molecule has 1 aliphatic rings. The second-order valence-corrected chi connectivity index (χ2v) is 7.58. The number of carbonyl (C=O) groups excluding carboxylic acids is 2. The van der Waals surface area contributed by atoms with Crippen molar-refractivity contribution in [1.82, 2.24) is 20.2 Å². The van der Waals surface area contributed by atoms with Crippen molar-refractivity contribution in [2.75, 3.05) is 6.54 Å². The highest BCUT2D eigenvalue weighted by Crippen LogP contribution is 2.27. The lowest BCUT2D eigenvalue weighted by Crippen LogP contribution is -2.47. The average molecular weight is 446 g/mol. The van der Waals surface area contributed by atoms with E-state index in [1.54, 1.807) is 6.92 Å². The summed E-state index contributed by atoms with van der Waals surface area (Å²) in [4.78, 5) is 49.9. The SMILES string of the molecule is Cc1cn([C@H]2C[C@H](O)[C@@H](CNC(=O)[C@@H](C)NC(=O)OCc3ccccc3)O2)c(=O)[nH]c1=O. The predicted octanol–water partition coefficient (Wildman–Crippen LogP) is -0.0755. The average Bonchev–Trinajstić information content (AvgIpc) is 3.14. The maximum atomic E-state index is 12.3. The van der Waals surface area contributed by atoms with Crippen LogP contribution in [-0.2, 0) is 20.9 Å². The molecule has 0 bridgehead atoms. The Kier molecular flexibility index (Phi) is 7.44. The smallest absolute Gasteiger partial charge is 0.408 e. The molecule has 0 aliphatic carbocycles. The third kappa shape index (κ3) is 5.83. The molecule has 1 aliphatic heterocycles. The van der Waals surface area contributed by atoms with E-state index >= 15 is 0 Å². The van der Waals surface area contributed by atoms with Crippen LogP contribution < -0.4 is 21.9 Å². The zero-order chi connectivity index (χ0) is 23.3. The molecule has 1 aromatic carbocycles. The number of aromatic nitrogens is 2. The van der Waals surface area contributed by atoms with Crippen LogP contribution in [0.25, 0.3) is 0 Å². The number of rotatable bonds is 7. The van der Waals surface area contributed by atoms with Crippen LogP contribution in [-0.4, -0.2) is 51.5 Å². The first-order valence-electron chi connectivity index (χ1n) is 10.1. The van der Waals surface area contributed by atoms with Crippen LogP contribution in [0.5, 0.6) is 0 Å². The normalized spacial score (nSPS) is 21.0. The summed E-state index contributed by atoms with van der Waals surface area (Å²) in [6, 6.07) is 8.25. The molecule has 4 N–H and O–H groups in total. The fourth-order valence-electron chi connectivity index (χ4n) is 3.23. The van der Waals surface area contributed by atoms with Gasteiger partial charge in [-0.2, -0.15) is 0 Å². The third-order valence-corrected chi connectivity index (χ3v) is 5.08. The molecule has 2 aromatic rings. The van der Waals surface area contributed by atoms with Gasteiger partial charge in [-0.15, -0.1) is 0 Å². The number of aliphatic hydroxyl groups excluding tert-OH is 1. The minimum Gasteiger partial charge on any atom is -0.445 e. The molecule has 1 saturated heterocycles. The highest BCUT2D eigenvalue weighted by molar-refractivity contribution is 5.85. The summed E-state index contributed by atoms with van der Waals surface area (Å²) in [6.45, 7) is 3.10. The molecule has 0 unspecified atom stereocenters. The van der Waals surface area contributed by atoms with Crippen LogP contribution in [0.15, 0.2) is 46.1 Å². The molecule has 4 atom stereocenters. The van der Waals surface area contributed by atoms with Gasteiger partial charge in [0.25, 0.3) is 5.56 Å². The Balaban J connectivity index is 1.46. The summed E-state index contributed by atoms with van der Waals surface area (Å²) < 4.78 is 12.0. The monoisotopic (exact) mass is 446 g/mol. The molecule has 32 heavy (non-hydrogen) atoms. The topological polar surface area (TPSA) is 152 Å². The second-order valence-electron chi connectivity index (χ2n) is 7.58. The molecule has 172 valence electrons. The van der Waals surface area contributed by atoms with Crippen molar-refractivity contribution in [1.29, 1.82) is 0 Å². The molecule has 2 heterocycles. The number of nitrogens with zero attached hydrogens (tertiary/aromatic N) is 1. The van der Waals surface area contributed by atoms with Gasteiger partial charge in [0.15, 0.2) is 0 Å². The minimum atomic E-state index is -0.932. The molecular weight excluding hydrogens is 420 g/mol. The summed E-state index contributed by atoms with van der Waals surface area (Å²) in [5, 5.41) is 15.3. The predicted molar refractivity (Wildman–Crippen MR) is 113 cm³/mol. The Bertz CT molecular complexity index is 1070. The van der Waals surface area contributed by atoms with Crippen molar-refractivity contribution in [2.45, 2.75) is 51.4 Å². The van der Waals surface area contributed by atoms with Crippen LogP contribution in [0.2, 0.25) is 0 Å². The van der Waals surface area contributed by atoms with Crippen LogP contribution in [0.1, 0.15) is 30.7 Å². The number of aliphatic hydroxyl groups is 1. The molecule has 11 nitrogen and oxygen atoms in total. The molecule has 1 fully saturated rings. The Hall–Kier alpha value is -3.44. The zero-order valence-electron chi connectivity index (χ0n) is 17.7. The van der Waals surface area contributed by atoms with Gasteiger partial charge in [0, 0.05) is 24.7 Å². The maximum Gasteiger partial charge on any atom is 0.408 e. The highest BCUT2D eigenvalue weighted by Gasteiger charge is 2.36. The molecule has 0 saturated carbocycles. The standard InChI is InChI=1S/C21H26N4O7/c1-12-10-25(20(29)24-18(12)27)17-8-15(26)16(32-17)9-22-19(28)13(2)23-21(30)31-11-14-6-4-3-5-7-14/h3-7,10,13,15-17,26H,8-9,11H2,1-2H3,(H,22,28)(H,23,30)(H,24,27,29)/t13-,15+,16-,17-/m1/s1. The summed E-state index contributed by atoms with van der Waals surface area (Å²) in [7, 11) is 0. The van der Waals surface area contributed by atoms with Gasteiger partial charge in [-0.1, -0.05) is 30.3 Å². The number of benzene rings is 1. The second kappa shape index (κ2) is 10.2. The van der Waals surface area contributed by atoms with Crippen molar-refractivity contribution in [3.8, 4) is 0 Å². The van der Waals surface area contributed by atoms with Gasteiger partial charge < -0.3 is 25.2 Å². The van der Waals surface area contributed by atoms with Gasteiger partial charge in [-0.05, 0) is 19.4 Å². The van der Waals surface area contributed by atoms with Crippen molar-refractivity contribution >= 4 is 12.0 Å². The van der Waals surface area contributed by atoms with E-state index < -0.39 is 47.7 Å². The largest absolute Gasteiger partial charge is 0.445 e. The minimum absolute atomic E-state index is 0.0291. The number of alkyl carbamates (subject to hydrolysis) is 1. The fourth-order valence-corrected chi connectivity index (χ4v) is 3.23. The molecule has 2 amide bonds. The quantitative estimate of drug-likeness (QED) is 0.464. The summed E-state index contributed by atoms with van der Waals surface area (Å²) >= 11 is 0. The van der Waals surface area contributed by atoms with Gasteiger partial charge in [0.05, 0.1) is 6.10 Å². The van der Waals surface area contributed by atoms with E-state index in [0.29, 0.717) is 5.56 Å². The van der Waals surface area contributed by atoms with E-state index in [1.165, 1.54) is 17.7 Å². The lowest BCUT2D eigenvalue weighted by molar-refractivity contribution is -0.123. The first-order chi connectivity index (χ1) is 15.2. The number of amides is 2. The lowest BCUT2D eigenvalue weighted by Gasteiger charge is -2.19. The van der Waals surface area contributed by atoms with Crippen molar-refractivity contribution in [3.63, 3.8) is 0 Å². The van der Waals surface area contributed by atoms with E-state index in [9.17, 15) is 24.3 Å². The lowest BCUT2D eigenvalue weighted by atomic mass is 10.1. The first-order valence-corrected chi connectivity index (χ1v) is 10.1. The zero-order valence-corrected chi connectivity index (χ0v) is 17.7. The van der Waals surface area contributed by atoms with E-state index in [4.69, 9.17) is 9.47 Å². The fraction of sp³-hybridized carbons (Fsp3) is 0.429. The van der Waals surface area contributed by atoms with E-state index in [0.717, 1.165) is 5.56 Å². The Morgan fingerprint density at radius 1 is 1.31 bits per heavy atom. The summed E-state index contributed by atoms with van der Waals surface area (Å²) in [6.07, 6.45) is -1.73. The van der Waals surface area contributed by atoms with E-state index in [1.807, 2.05) is 30.3 Å². The Morgan fingerprint density at radius 2 is 2.03 bits per heavy atom. The summed E-state index contributed by atoms with van der Waals surface area (Å²) in [5.41, 5.74) is 0.0173. The third-order valence-electron chi connectivity index (χ3n) is 5.08. The first kappa shape index (κ1) is 23.2. The Labute approximate surface area is 183 Å². The highest BCUT2D eigenvalue weighted by atomic mass is 16.5. The number of nitrogens with one attached hydrogen (secondary N) is 3. The molecule has 3 rings (SSSR count). The van der Waals surface area contributed by atoms with E-state index in [-0.39, 0.29) is 19.6 Å². The van der Waals surface area contributed by atoms with Crippen molar-refractivity contribution < 1.29 is 24.2 Å². The number of H-pyrrole nitrogens is 1. The van der Waals surface area contributed by atoms with Gasteiger partial charge in [-0.3, -0.25) is 19.1 Å². The molecule has 0 radical (unpaired) electrons. The van der Waals surface area contributed by atoms with Crippen LogP contribution in [0.3, 0.4) is 0 Å². The van der Waals surface area contributed by atoms with Crippen LogP contribution in [0.4, 0.5) is 4.79 Å². The number of carbonyl (C=O) groups is 2. The number of hydrogen-bond donors (Lipinski definition) is 4. The van der Waals surface area contributed by atoms with Crippen LogP contribution in [0, 0.1) is 6.92 Å². The Morgan fingerprint density at radius 3 is 2.75 bits per heavy atom. The van der Waals surface area contributed by atoms with Gasteiger partial charge in [0.1, 0.15) is 25.0 Å². The van der Waals surface area contributed by atoms with Crippen molar-refractivity contribution in [3.05, 3.63) is 68.5 Å². The number of aromatic amines is 1. The maximum absolute atomic E-state index is 12.3. The molecule has 11 heteroatoms. The van der Waals surface area contributed by atoms with Gasteiger partial charge >= 0.3 is 11.8 Å². The molecular formula is C21H26N4O7. The van der Waals surface area contributed by atoms with Gasteiger partial charge in [0.2, 0.25) is 5.91 Å². The molecule has 1 aromatic heterocycles. The number of aryl methyl sites for hydroxylation is 1. The number of ether oxygens (including phenoxy) is 2. The number of hydrogen-bond acceptors (Lipinski definition) is 7. The van der Waals surface area contributed by atoms with Gasteiger partial charge in [-0.25, -0.2) is 9.59 Å². The summed E-state index contributed by atoms with van der Waals surface area (Å²) in [5.74, 6) is -0.488. The van der Waals surface area contributed by atoms with Crippen molar-refractivity contribution in [2.24, 2.45) is 0 Å².